The lowest BCUT2D eigenvalue weighted by atomic mass is 9.91. The molecule has 1 aliphatic heterocycles. The van der Waals surface area contributed by atoms with Gasteiger partial charge in [0.25, 0.3) is 0 Å². The number of benzene rings is 2. The van der Waals surface area contributed by atoms with Gasteiger partial charge in [-0.25, -0.2) is 0 Å². The Bertz CT molecular complexity index is 695. The van der Waals surface area contributed by atoms with Gasteiger partial charge in [-0.3, -0.25) is 5.32 Å². The molecule has 1 radical (unpaired) electrons. The third kappa shape index (κ3) is 1.54. The van der Waals surface area contributed by atoms with E-state index in [0.717, 1.165) is 6.42 Å². The molecule has 4 rings (SSSR count). The normalized spacial score (nSPS) is 16.3. The van der Waals surface area contributed by atoms with Gasteiger partial charge in [0.05, 0.1) is 5.69 Å². The second kappa shape index (κ2) is 3.99. The summed E-state index contributed by atoms with van der Waals surface area (Å²) in [5.41, 5.74) is 9.42. The van der Waals surface area contributed by atoms with Crippen LogP contribution >= 0.6 is 0 Å². The van der Waals surface area contributed by atoms with Gasteiger partial charge >= 0.3 is 0 Å². The maximum Gasteiger partial charge on any atom is 0.0715 e. The maximum atomic E-state index is 4.81. The first kappa shape index (κ1) is 10.9. The molecule has 2 aromatic rings. The van der Waals surface area contributed by atoms with Crippen molar-refractivity contribution in [1.29, 1.82) is 0 Å². The zero-order valence-corrected chi connectivity index (χ0v) is 11.1. The minimum Gasteiger partial charge on any atom is -0.252 e. The lowest BCUT2D eigenvalue weighted by molar-refractivity contribution is 0.859. The summed E-state index contributed by atoms with van der Waals surface area (Å²) in [5.74, 6) is 0. The van der Waals surface area contributed by atoms with Gasteiger partial charge in [0.15, 0.2) is 0 Å². The average Bonchev–Trinajstić information content (AvgIpc) is 2.99. The lowest BCUT2D eigenvalue weighted by Crippen LogP contribution is -1.92. The lowest BCUT2D eigenvalue weighted by Gasteiger charge is -2.12. The molecule has 0 bridgehead atoms. The molecule has 0 aromatic heterocycles. The molecule has 2 aromatic carbocycles. The van der Waals surface area contributed by atoms with Gasteiger partial charge in [-0.15, -0.1) is 0 Å². The van der Waals surface area contributed by atoms with Gasteiger partial charge < -0.3 is 0 Å². The fourth-order valence-electron chi connectivity index (χ4n) is 3.32. The van der Waals surface area contributed by atoms with Crippen LogP contribution in [0.15, 0.2) is 48.2 Å². The largest absolute Gasteiger partial charge is 0.252 e. The zero-order chi connectivity index (χ0) is 12.8. The summed E-state index contributed by atoms with van der Waals surface area (Å²) < 4.78 is 0. The fraction of sp³-hybridized carbons (Fsp3) is 0.222. The van der Waals surface area contributed by atoms with E-state index in [1.807, 2.05) is 0 Å². The van der Waals surface area contributed by atoms with Crippen LogP contribution in [0.5, 0.6) is 0 Å². The van der Waals surface area contributed by atoms with Crippen molar-refractivity contribution in [3.8, 4) is 11.1 Å². The highest BCUT2D eigenvalue weighted by molar-refractivity contribution is 5.93. The predicted molar refractivity (Wildman–Crippen MR) is 79.2 cm³/mol. The summed E-state index contributed by atoms with van der Waals surface area (Å²) in [7, 11) is 0. The molecule has 0 atom stereocenters. The standard InChI is InChI=1S/C18H16N/c1-12-6-2-3-7-13(12)14-8-4-11-17-18(14)15-9-5-10-16(15)19-17/h2-4,6-8,11H,5,9-10H2,1H3. The third-order valence-electron chi connectivity index (χ3n) is 4.22. The van der Waals surface area contributed by atoms with Crippen molar-refractivity contribution >= 4 is 11.3 Å². The van der Waals surface area contributed by atoms with Crippen molar-refractivity contribution in [2.45, 2.75) is 26.2 Å². The molecule has 1 heterocycles. The van der Waals surface area contributed by atoms with Gasteiger partial charge in [-0.1, -0.05) is 36.4 Å². The third-order valence-corrected chi connectivity index (χ3v) is 4.22. The minimum atomic E-state index is 1.15. The summed E-state index contributed by atoms with van der Waals surface area (Å²) in [6, 6.07) is 15.2. The number of hydrogen-bond acceptors (Lipinski definition) is 0. The Balaban J connectivity index is 1.97. The minimum absolute atomic E-state index is 1.15. The summed E-state index contributed by atoms with van der Waals surface area (Å²) in [6.45, 7) is 2.19. The smallest absolute Gasteiger partial charge is 0.0715 e. The van der Waals surface area contributed by atoms with Crippen LogP contribution in [0, 0.1) is 6.92 Å². The Labute approximate surface area is 114 Å². The van der Waals surface area contributed by atoms with E-state index in [1.165, 1.54) is 52.1 Å². The maximum absolute atomic E-state index is 4.81. The molecule has 1 aliphatic carbocycles. The number of hydrogen-bond donors (Lipinski definition) is 0. The van der Waals surface area contributed by atoms with E-state index >= 15 is 0 Å². The van der Waals surface area contributed by atoms with Crippen LogP contribution in [-0.4, -0.2) is 0 Å². The number of fused-ring (bicyclic) bond motifs is 2. The van der Waals surface area contributed by atoms with Crippen molar-refractivity contribution < 1.29 is 0 Å². The molecule has 0 unspecified atom stereocenters. The highest BCUT2D eigenvalue weighted by Crippen LogP contribution is 2.47. The number of rotatable bonds is 1. The van der Waals surface area contributed by atoms with Gasteiger partial charge in [-0.2, -0.15) is 0 Å². The van der Waals surface area contributed by atoms with Gasteiger partial charge in [0.2, 0.25) is 0 Å². The Hall–Kier alpha value is -2.02. The Morgan fingerprint density at radius 2 is 1.74 bits per heavy atom. The zero-order valence-electron chi connectivity index (χ0n) is 11.1. The molecule has 1 nitrogen and oxygen atoms in total. The first-order valence-corrected chi connectivity index (χ1v) is 6.98. The van der Waals surface area contributed by atoms with Crippen LogP contribution in [0.4, 0.5) is 5.69 Å². The molecule has 0 N–H and O–H groups in total. The molecule has 2 aliphatic rings. The van der Waals surface area contributed by atoms with Gasteiger partial charge in [0, 0.05) is 11.3 Å². The average molecular weight is 246 g/mol. The van der Waals surface area contributed by atoms with E-state index in [0.29, 0.717) is 0 Å². The summed E-state index contributed by atoms with van der Waals surface area (Å²) in [4.78, 5) is 0. The van der Waals surface area contributed by atoms with E-state index in [-0.39, 0.29) is 0 Å². The van der Waals surface area contributed by atoms with Crippen molar-refractivity contribution in [3.63, 3.8) is 0 Å². The summed E-state index contributed by atoms with van der Waals surface area (Å²) in [6.07, 6.45) is 3.60. The van der Waals surface area contributed by atoms with E-state index in [2.05, 4.69) is 49.4 Å². The van der Waals surface area contributed by atoms with E-state index in [4.69, 9.17) is 5.32 Å². The number of aryl methyl sites for hydroxylation is 1. The summed E-state index contributed by atoms with van der Waals surface area (Å²) >= 11 is 0. The number of allylic oxidation sites excluding steroid dienone is 2. The number of nitrogens with zero attached hydrogens (tertiary/aromatic N) is 1. The van der Waals surface area contributed by atoms with Crippen LogP contribution < -0.4 is 5.32 Å². The quantitative estimate of drug-likeness (QED) is 0.685. The first-order valence-electron chi connectivity index (χ1n) is 6.98. The second-order valence-electron chi connectivity index (χ2n) is 5.41. The van der Waals surface area contributed by atoms with E-state index in [1.54, 1.807) is 0 Å². The van der Waals surface area contributed by atoms with Crippen molar-refractivity contribution in [2.24, 2.45) is 0 Å². The molecule has 0 fully saturated rings. The van der Waals surface area contributed by atoms with Gasteiger partial charge in [-0.05, 0) is 54.5 Å². The summed E-state index contributed by atoms with van der Waals surface area (Å²) in [5, 5.41) is 4.81. The van der Waals surface area contributed by atoms with Crippen molar-refractivity contribution in [2.75, 3.05) is 0 Å². The Kier molecular flexibility index (Phi) is 2.28. The second-order valence-corrected chi connectivity index (χ2v) is 5.41. The molecule has 19 heavy (non-hydrogen) atoms. The molecule has 0 saturated carbocycles. The molecule has 93 valence electrons. The molecular weight excluding hydrogens is 230 g/mol. The van der Waals surface area contributed by atoms with Crippen LogP contribution in [0.25, 0.3) is 16.7 Å². The van der Waals surface area contributed by atoms with Crippen molar-refractivity contribution in [3.05, 3.63) is 59.3 Å². The van der Waals surface area contributed by atoms with Crippen LogP contribution in [0.1, 0.15) is 30.4 Å². The molecule has 0 spiro atoms. The molecule has 0 amide bonds. The highest BCUT2D eigenvalue weighted by Gasteiger charge is 2.29. The molecular formula is C18H16N. The van der Waals surface area contributed by atoms with E-state index < -0.39 is 0 Å². The SMILES string of the molecule is Cc1ccccc1-c1cccc2c1C1=C(CCC1)[N]2. The molecule has 0 saturated heterocycles. The predicted octanol–water partition coefficient (Wildman–Crippen LogP) is 4.81. The highest BCUT2D eigenvalue weighted by atomic mass is 14.9. The van der Waals surface area contributed by atoms with Crippen LogP contribution in [-0.2, 0) is 0 Å². The van der Waals surface area contributed by atoms with Crippen molar-refractivity contribution in [1.82, 2.24) is 5.32 Å². The monoisotopic (exact) mass is 246 g/mol. The Morgan fingerprint density at radius 3 is 2.63 bits per heavy atom. The first-order chi connectivity index (χ1) is 9.34. The van der Waals surface area contributed by atoms with E-state index in [9.17, 15) is 0 Å². The van der Waals surface area contributed by atoms with Crippen LogP contribution in [0.2, 0.25) is 0 Å². The van der Waals surface area contributed by atoms with Crippen LogP contribution in [0.3, 0.4) is 0 Å². The fourth-order valence-corrected chi connectivity index (χ4v) is 3.32. The Morgan fingerprint density at radius 1 is 0.895 bits per heavy atom. The topological polar surface area (TPSA) is 14.1 Å². The van der Waals surface area contributed by atoms with Gasteiger partial charge in [0.1, 0.15) is 0 Å². The molecule has 1 heteroatoms.